The van der Waals surface area contributed by atoms with Gasteiger partial charge in [0, 0.05) is 59.9 Å². The zero-order valence-electron chi connectivity index (χ0n) is 40.7. The lowest BCUT2D eigenvalue weighted by molar-refractivity contribution is 0.668. The highest BCUT2D eigenvalue weighted by atomic mass is 16.3. The number of nitrogens with zero attached hydrogens (tertiary/aromatic N) is 5. The van der Waals surface area contributed by atoms with Crippen molar-refractivity contribution < 1.29 is 8.83 Å². The summed E-state index contributed by atoms with van der Waals surface area (Å²) in [5.41, 5.74) is 16.8. The van der Waals surface area contributed by atoms with Crippen molar-refractivity contribution in [2.45, 2.75) is 0 Å². The molecule has 0 amide bonds. The van der Waals surface area contributed by atoms with Gasteiger partial charge in [0.2, 0.25) is 0 Å². The third-order valence-electron chi connectivity index (χ3n) is 15.2. The van der Waals surface area contributed by atoms with Crippen molar-refractivity contribution in [1.82, 2.24) is 24.1 Å². The van der Waals surface area contributed by atoms with E-state index < -0.39 is 0 Å². The lowest BCUT2D eigenvalue weighted by atomic mass is 10.0. The molecule has 0 unspecified atom stereocenters. The smallest absolute Gasteiger partial charge is 0.167 e. The summed E-state index contributed by atoms with van der Waals surface area (Å²) < 4.78 is 18.0. The molecule has 16 rings (SSSR count). The van der Waals surface area contributed by atoms with Crippen molar-refractivity contribution in [3.63, 3.8) is 0 Å². The molecule has 0 bridgehead atoms. The molecule has 0 aliphatic rings. The Kier molecular flexibility index (Phi) is 9.20. The molecule has 16 aromatic rings. The van der Waals surface area contributed by atoms with Gasteiger partial charge in [0.15, 0.2) is 17.5 Å². The minimum atomic E-state index is 0.514. The molecular weight excluding hydrogens is 931 g/mol. The number of para-hydroxylation sites is 5. The van der Waals surface area contributed by atoms with Crippen LogP contribution in [0.2, 0.25) is 0 Å². The molecule has 0 saturated carbocycles. The Labute approximate surface area is 434 Å². The van der Waals surface area contributed by atoms with Crippen LogP contribution in [-0.2, 0) is 0 Å². The molecule has 7 heteroatoms. The van der Waals surface area contributed by atoms with Gasteiger partial charge in [0.1, 0.15) is 22.3 Å². The van der Waals surface area contributed by atoms with Gasteiger partial charge in [-0.2, -0.15) is 0 Å². The maximum absolute atomic E-state index is 6.61. The van der Waals surface area contributed by atoms with E-state index in [0.29, 0.717) is 17.5 Å². The SMILES string of the molecule is c1ccc(-c2cccc(-n3c4ccccc4c4cccc(-n5c6ccccc6c6cc(-c7nc(-c8ccc9c(c8)oc8ccc(-c%10ccccc%10)cc89)nc(-c8cccc9c8oc8ccccc89)n7)ccc65)c43)c2)cc1. The number of furan rings is 2. The molecule has 0 N–H and O–H groups in total. The Balaban J connectivity index is 0.894. The first-order valence-corrected chi connectivity index (χ1v) is 25.6. The first kappa shape index (κ1) is 42.2. The van der Waals surface area contributed by atoms with Crippen LogP contribution in [0, 0.1) is 0 Å². The van der Waals surface area contributed by atoms with E-state index in [-0.39, 0.29) is 0 Å². The average molecular weight is 972 g/mol. The molecule has 0 aliphatic carbocycles. The molecule has 7 nitrogen and oxygen atoms in total. The van der Waals surface area contributed by atoms with Crippen molar-refractivity contribution in [3.8, 4) is 67.8 Å². The topological polar surface area (TPSA) is 74.8 Å². The standard InChI is InChI=1S/C69H41N5O2/c1-3-16-42(17-4-1)44-20-13-21-48(38-44)73-58-28-10-7-22-49(58)53-25-15-30-61(65(53)73)74-59-29-11-8-23-50(59)56-40-46(33-36-60(56)74)67-70-68(72-69(71-67)55-27-14-26-54-51-24-9-12-31-62(51)76-66(54)55)47-32-35-52-57-39-45(43-18-5-2-6-19-43)34-37-63(57)75-64(52)41-47/h1-41H. The Hall–Kier alpha value is -10.4. The summed E-state index contributed by atoms with van der Waals surface area (Å²) in [6, 6.07) is 87.6. The molecule has 0 saturated heterocycles. The highest BCUT2D eigenvalue weighted by molar-refractivity contribution is 6.16. The van der Waals surface area contributed by atoms with Crippen LogP contribution in [-0.4, -0.2) is 24.1 Å². The lowest BCUT2D eigenvalue weighted by Gasteiger charge is -2.15. The molecule has 0 atom stereocenters. The Morgan fingerprint density at radius 2 is 0.816 bits per heavy atom. The molecule has 0 spiro atoms. The van der Waals surface area contributed by atoms with Crippen molar-refractivity contribution in [1.29, 1.82) is 0 Å². The molecule has 11 aromatic carbocycles. The van der Waals surface area contributed by atoms with E-state index in [1.165, 1.54) is 16.3 Å². The second-order valence-corrected chi connectivity index (χ2v) is 19.5. The monoisotopic (exact) mass is 971 g/mol. The zero-order chi connectivity index (χ0) is 49.8. The predicted octanol–water partition coefficient (Wildman–Crippen LogP) is 18.2. The van der Waals surface area contributed by atoms with Gasteiger partial charge in [-0.3, -0.25) is 0 Å². The minimum absolute atomic E-state index is 0.514. The summed E-state index contributed by atoms with van der Waals surface area (Å²) in [6.07, 6.45) is 0. The maximum atomic E-state index is 6.61. The van der Waals surface area contributed by atoms with Crippen LogP contribution in [0.3, 0.4) is 0 Å². The van der Waals surface area contributed by atoms with Crippen molar-refractivity contribution in [3.05, 3.63) is 249 Å². The highest BCUT2D eigenvalue weighted by Crippen LogP contribution is 2.43. The molecule has 0 aliphatic heterocycles. The van der Waals surface area contributed by atoms with Crippen molar-refractivity contribution >= 4 is 87.5 Å². The van der Waals surface area contributed by atoms with Gasteiger partial charge < -0.3 is 18.0 Å². The Bertz CT molecular complexity index is 5000. The number of hydrogen-bond acceptors (Lipinski definition) is 5. The predicted molar refractivity (Wildman–Crippen MR) is 310 cm³/mol. The maximum Gasteiger partial charge on any atom is 0.167 e. The summed E-state index contributed by atoms with van der Waals surface area (Å²) in [5.74, 6) is 1.59. The third-order valence-corrected chi connectivity index (χ3v) is 15.2. The van der Waals surface area contributed by atoms with Gasteiger partial charge in [0.05, 0.1) is 33.3 Å². The number of rotatable bonds is 7. The van der Waals surface area contributed by atoms with Gasteiger partial charge in [0.25, 0.3) is 0 Å². The molecule has 0 fully saturated rings. The van der Waals surface area contributed by atoms with E-state index in [1.54, 1.807) is 0 Å². The van der Waals surface area contributed by atoms with E-state index in [2.05, 4.69) is 221 Å². The van der Waals surface area contributed by atoms with Crippen LogP contribution in [0.15, 0.2) is 258 Å². The van der Waals surface area contributed by atoms with Crippen LogP contribution in [0.5, 0.6) is 0 Å². The second-order valence-electron chi connectivity index (χ2n) is 19.5. The van der Waals surface area contributed by atoms with E-state index in [0.717, 1.165) is 121 Å². The van der Waals surface area contributed by atoms with Crippen LogP contribution in [0.1, 0.15) is 0 Å². The Morgan fingerprint density at radius 3 is 1.62 bits per heavy atom. The van der Waals surface area contributed by atoms with Crippen LogP contribution < -0.4 is 0 Å². The molecule has 5 aromatic heterocycles. The summed E-state index contributed by atoms with van der Waals surface area (Å²) in [5, 5.41) is 8.71. The fraction of sp³-hybridized carbons (Fsp3) is 0. The van der Waals surface area contributed by atoms with Gasteiger partial charge in [-0.25, -0.2) is 15.0 Å². The first-order chi connectivity index (χ1) is 37.7. The molecule has 354 valence electrons. The molecule has 76 heavy (non-hydrogen) atoms. The van der Waals surface area contributed by atoms with Crippen LogP contribution in [0.25, 0.3) is 155 Å². The van der Waals surface area contributed by atoms with Gasteiger partial charge in [-0.15, -0.1) is 0 Å². The normalized spacial score (nSPS) is 11.9. The fourth-order valence-electron chi connectivity index (χ4n) is 11.7. The van der Waals surface area contributed by atoms with Crippen molar-refractivity contribution in [2.24, 2.45) is 0 Å². The first-order valence-electron chi connectivity index (χ1n) is 25.6. The molecule has 5 heterocycles. The summed E-state index contributed by atoms with van der Waals surface area (Å²) in [4.78, 5) is 15.9. The quantitative estimate of drug-likeness (QED) is 0.159. The van der Waals surface area contributed by atoms with Crippen LogP contribution >= 0.6 is 0 Å². The minimum Gasteiger partial charge on any atom is -0.456 e. The van der Waals surface area contributed by atoms with Gasteiger partial charge >= 0.3 is 0 Å². The number of benzene rings is 11. The van der Waals surface area contributed by atoms with E-state index in [4.69, 9.17) is 23.8 Å². The van der Waals surface area contributed by atoms with E-state index >= 15 is 0 Å². The van der Waals surface area contributed by atoms with Crippen LogP contribution in [0.4, 0.5) is 0 Å². The van der Waals surface area contributed by atoms with Gasteiger partial charge in [-0.1, -0.05) is 164 Å². The summed E-state index contributed by atoms with van der Waals surface area (Å²) in [7, 11) is 0. The molecular formula is C69H41N5O2. The second kappa shape index (κ2) is 16.6. The average Bonchev–Trinajstić information content (AvgIpc) is 4.34. The van der Waals surface area contributed by atoms with Gasteiger partial charge in [-0.05, 0) is 107 Å². The summed E-state index contributed by atoms with van der Waals surface area (Å²) >= 11 is 0. The summed E-state index contributed by atoms with van der Waals surface area (Å²) in [6.45, 7) is 0. The number of aromatic nitrogens is 5. The number of fused-ring (bicyclic) bond motifs is 12. The largest absolute Gasteiger partial charge is 0.456 e. The molecule has 0 radical (unpaired) electrons. The zero-order valence-corrected chi connectivity index (χ0v) is 40.7. The fourth-order valence-corrected chi connectivity index (χ4v) is 11.7. The lowest BCUT2D eigenvalue weighted by Crippen LogP contribution is -2.01. The third kappa shape index (κ3) is 6.52. The van der Waals surface area contributed by atoms with E-state index in [9.17, 15) is 0 Å². The van der Waals surface area contributed by atoms with Crippen molar-refractivity contribution in [2.75, 3.05) is 0 Å². The van der Waals surface area contributed by atoms with E-state index in [1.807, 2.05) is 36.4 Å². The number of hydrogen-bond donors (Lipinski definition) is 0. The Morgan fingerprint density at radius 1 is 0.276 bits per heavy atom. The highest BCUT2D eigenvalue weighted by Gasteiger charge is 2.23.